The van der Waals surface area contributed by atoms with Crippen molar-refractivity contribution in [1.82, 2.24) is 0 Å². The maximum Gasteiger partial charge on any atom is 0.238 e. The molecule has 4 nitrogen and oxygen atoms in total. The maximum atomic E-state index is 12.4. The van der Waals surface area contributed by atoms with E-state index in [4.69, 9.17) is 4.42 Å². The van der Waals surface area contributed by atoms with E-state index in [1.807, 2.05) is 32.0 Å². The van der Waals surface area contributed by atoms with Crippen LogP contribution in [0.2, 0.25) is 0 Å². The predicted octanol–water partition coefficient (Wildman–Crippen LogP) is 4.38. The lowest BCUT2D eigenvalue weighted by atomic mass is 10.0. The van der Waals surface area contributed by atoms with E-state index in [0.29, 0.717) is 5.56 Å². The molecule has 0 aliphatic carbocycles. The smallest absolute Gasteiger partial charge is 0.238 e. The Balaban J connectivity index is 2.17. The molecule has 24 heavy (non-hydrogen) atoms. The second kappa shape index (κ2) is 6.24. The summed E-state index contributed by atoms with van der Waals surface area (Å²) < 4.78 is 5.70. The third kappa shape index (κ3) is 2.91. The predicted molar refractivity (Wildman–Crippen MR) is 94.4 cm³/mol. The van der Waals surface area contributed by atoms with Crippen molar-refractivity contribution in [2.24, 2.45) is 0 Å². The molecule has 0 radical (unpaired) electrons. The molecular formula is C20H18O4. The summed E-state index contributed by atoms with van der Waals surface area (Å²) in [5.41, 5.74) is 2.48. The molecule has 0 aliphatic heterocycles. The van der Waals surface area contributed by atoms with E-state index in [0.717, 1.165) is 12.0 Å². The minimum Gasteiger partial charge on any atom is -0.507 e. The molecular weight excluding hydrogens is 304 g/mol. The molecule has 0 aliphatic rings. The summed E-state index contributed by atoms with van der Waals surface area (Å²) in [4.78, 5) is 12.4. The molecule has 2 aromatic carbocycles. The molecule has 0 spiro atoms. The van der Waals surface area contributed by atoms with Gasteiger partial charge in [0.1, 0.15) is 16.7 Å². The highest BCUT2D eigenvalue weighted by molar-refractivity contribution is 5.86. The number of benzene rings is 2. The second-order valence-corrected chi connectivity index (χ2v) is 5.95. The van der Waals surface area contributed by atoms with Crippen molar-refractivity contribution in [1.29, 1.82) is 0 Å². The Morgan fingerprint density at radius 2 is 1.88 bits per heavy atom. The van der Waals surface area contributed by atoms with Crippen LogP contribution in [0.1, 0.15) is 19.4 Å². The van der Waals surface area contributed by atoms with Gasteiger partial charge in [-0.2, -0.15) is 0 Å². The highest BCUT2D eigenvalue weighted by atomic mass is 16.4. The van der Waals surface area contributed by atoms with Gasteiger partial charge in [-0.1, -0.05) is 35.9 Å². The second-order valence-electron chi connectivity index (χ2n) is 5.95. The summed E-state index contributed by atoms with van der Waals surface area (Å²) in [7, 11) is 0. The number of allylic oxidation sites excluding steroid dienone is 2. The summed E-state index contributed by atoms with van der Waals surface area (Å²) in [6.45, 7) is 4.06. The average Bonchev–Trinajstić information content (AvgIpc) is 2.56. The Hall–Kier alpha value is -3.01. The third-order valence-electron chi connectivity index (χ3n) is 3.81. The number of hydrogen-bond donors (Lipinski definition) is 2. The van der Waals surface area contributed by atoms with Crippen LogP contribution < -0.4 is 5.43 Å². The third-order valence-corrected chi connectivity index (χ3v) is 3.81. The van der Waals surface area contributed by atoms with Gasteiger partial charge < -0.3 is 14.6 Å². The molecule has 2 N–H and O–H groups in total. The van der Waals surface area contributed by atoms with Crippen LogP contribution in [0, 0.1) is 0 Å². The van der Waals surface area contributed by atoms with Gasteiger partial charge in [0.15, 0.2) is 5.76 Å². The number of fused-ring (bicyclic) bond motifs is 1. The van der Waals surface area contributed by atoms with Gasteiger partial charge in [-0.25, -0.2) is 0 Å². The average molecular weight is 322 g/mol. The van der Waals surface area contributed by atoms with Gasteiger partial charge in [0.25, 0.3) is 0 Å². The zero-order chi connectivity index (χ0) is 17.3. The molecule has 0 saturated carbocycles. The highest BCUT2D eigenvalue weighted by Gasteiger charge is 2.17. The van der Waals surface area contributed by atoms with Crippen molar-refractivity contribution < 1.29 is 14.6 Å². The van der Waals surface area contributed by atoms with E-state index < -0.39 is 11.2 Å². The van der Waals surface area contributed by atoms with Gasteiger partial charge in [-0.05, 0) is 44.0 Å². The van der Waals surface area contributed by atoms with Crippen molar-refractivity contribution in [2.75, 3.05) is 0 Å². The van der Waals surface area contributed by atoms with Gasteiger partial charge >= 0.3 is 0 Å². The highest BCUT2D eigenvalue weighted by Crippen LogP contribution is 2.33. The van der Waals surface area contributed by atoms with Crippen LogP contribution >= 0.6 is 0 Å². The first kappa shape index (κ1) is 15.9. The lowest BCUT2D eigenvalue weighted by Gasteiger charge is -2.08. The molecule has 0 fully saturated rings. The summed E-state index contributed by atoms with van der Waals surface area (Å²) >= 11 is 0. The molecule has 1 aromatic heterocycles. The first-order chi connectivity index (χ1) is 11.5. The minimum atomic E-state index is -0.640. The van der Waals surface area contributed by atoms with E-state index in [1.165, 1.54) is 11.6 Å². The molecule has 0 atom stereocenters. The molecule has 3 rings (SSSR count). The normalized spacial score (nSPS) is 10.8. The molecule has 1 heterocycles. The van der Waals surface area contributed by atoms with Crippen LogP contribution in [0.15, 0.2) is 63.3 Å². The Kier molecular flexibility index (Phi) is 4.13. The van der Waals surface area contributed by atoms with Crippen molar-refractivity contribution in [3.05, 3.63) is 69.9 Å². The first-order valence-corrected chi connectivity index (χ1v) is 7.68. The van der Waals surface area contributed by atoms with Crippen LogP contribution in [0.3, 0.4) is 0 Å². The van der Waals surface area contributed by atoms with Crippen LogP contribution in [0.25, 0.3) is 22.3 Å². The fraction of sp³-hybridized carbons (Fsp3) is 0.150. The lowest BCUT2D eigenvalue weighted by Crippen LogP contribution is -2.03. The number of rotatable bonds is 3. The standard InChI is InChI=1S/C20H18O4/c1-12(2)9-10-13-5-3-6-14(11-13)20-19(23)18(22)17-15(21)7-4-8-16(17)24-20/h3-9,11,21,23H,10H2,1-2H3. The topological polar surface area (TPSA) is 70.7 Å². The van der Waals surface area contributed by atoms with Gasteiger partial charge in [-0.3, -0.25) is 4.79 Å². The van der Waals surface area contributed by atoms with E-state index in [9.17, 15) is 15.0 Å². The lowest BCUT2D eigenvalue weighted by molar-refractivity contribution is 0.445. The van der Waals surface area contributed by atoms with Crippen LogP contribution in [0.5, 0.6) is 11.5 Å². The molecule has 0 amide bonds. The first-order valence-electron chi connectivity index (χ1n) is 7.68. The largest absolute Gasteiger partial charge is 0.507 e. The number of hydrogen-bond acceptors (Lipinski definition) is 4. The summed E-state index contributed by atoms with van der Waals surface area (Å²) in [6.07, 6.45) is 2.86. The number of phenols is 1. The van der Waals surface area contributed by atoms with Gasteiger partial charge in [0.2, 0.25) is 11.2 Å². The van der Waals surface area contributed by atoms with Crippen LogP contribution in [0.4, 0.5) is 0 Å². The van der Waals surface area contributed by atoms with E-state index in [-0.39, 0.29) is 22.5 Å². The summed E-state index contributed by atoms with van der Waals surface area (Å²) in [5, 5.41) is 20.1. The monoisotopic (exact) mass is 322 g/mol. The van der Waals surface area contributed by atoms with Gasteiger partial charge in [0, 0.05) is 5.56 Å². The Morgan fingerprint density at radius 3 is 2.62 bits per heavy atom. The molecule has 0 saturated heterocycles. The van der Waals surface area contributed by atoms with Crippen molar-refractivity contribution in [3.8, 4) is 22.8 Å². The maximum absolute atomic E-state index is 12.4. The number of aromatic hydroxyl groups is 2. The summed E-state index contributed by atoms with van der Waals surface area (Å²) in [5.74, 6) is -0.596. The Bertz CT molecular complexity index is 992. The Labute approximate surface area is 139 Å². The molecule has 4 heteroatoms. The zero-order valence-corrected chi connectivity index (χ0v) is 13.5. The molecule has 0 unspecified atom stereocenters. The molecule has 3 aromatic rings. The SMILES string of the molecule is CC(C)=CCc1cccc(-c2oc3cccc(O)c3c(=O)c2O)c1. The fourth-order valence-electron chi connectivity index (χ4n) is 2.57. The van der Waals surface area contributed by atoms with Gasteiger partial charge in [-0.15, -0.1) is 0 Å². The summed E-state index contributed by atoms with van der Waals surface area (Å²) in [6, 6.07) is 12.1. The van der Waals surface area contributed by atoms with Crippen LogP contribution in [-0.2, 0) is 6.42 Å². The van der Waals surface area contributed by atoms with E-state index >= 15 is 0 Å². The quantitative estimate of drug-likeness (QED) is 0.702. The number of phenolic OH excluding ortho intramolecular Hbond substituents is 1. The van der Waals surface area contributed by atoms with Crippen molar-refractivity contribution in [3.63, 3.8) is 0 Å². The Morgan fingerprint density at radius 1 is 1.12 bits per heavy atom. The zero-order valence-electron chi connectivity index (χ0n) is 13.5. The van der Waals surface area contributed by atoms with E-state index in [2.05, 4.69) is 6.08 Å². The van der Waals surface area contributed by atoms with Crippen molar-refractivity contribution >= 4 is 11.0 Å². The fourth-order valence-corrected chi connectivity index (χ4v) is 2.57. The van der Waals surface area contributed by atoms with Crippen LogP contribution in [-0.4, -0.2) is 10.2 Å². The molecule has 122 valence electrons. The van der Waals surface area contributed by atoms with Crippen molar-refractivity contribution in [2.45, 2.75) is 20.3 Å². The van der Waals surface area contributed by atoms with E-state index in [1.54, 1.807) is 18.2 Å². The molecule has 0 bridgehead atoms. The van der Waals surface area contributed by atoms with Gasteiger partial charge in [0.05, 0.1) is 0 Å². The minimum absolute atomic E-state index is 0.0144.